The fourth-order valence-corrected chi connectivity index (χ4v) is 5.46. The van der Waals surface area contributed by atoms with Gasteiger partial charge in [0.05, 0.1) is 22.0 Å². The fraction of sp³-hybridized carbons (Fsp3) is 0.235. The van der Waals surface area contributed by atoms with E-state index in [1.165, 1.54) is 23.8 Å². The van der Waals surface area contributed by atoms with Gasteiger partial charge in [-0.2, -0.15) is 12.8 Å². The molecule has 3 aromatic heterocycles. The Kier molecular flexibility index (Phi) is 7.22. The molecule has 1 atom stereocenters. The highest BCUT2D eigenvalue weighted by molar-refractivity contribution is 7.92. The molecule has 0 saturated carbocycles. The van der Waals surface area contributed by atoms with Gasteiger partial charge in [-0.15, -0.1) is 11.3 Å². The third-order valence-corrected chi connectivity index (χ3v) is 7.17. The summed E-state index contributed by atoms with van der Waals surface area (Å²) in [4.78, 5) is 31.9. The first kappa shape index (κ1) is 23.4. The van der Waals surface area contributed by atoms with Crippen LogP contribution >= 0.6 is 22.9 Å². The van der Waals surface area contributed by atoms with E-state index >= 15 is 0 Å². The lowest BCUT2D eigenvalue weighted by atomic mass is 10.1. The first-order valence-electron chi connectivity index (χ1n) is 9.08. The van der Waals surface area contributed by atoms with Crippen LogP contribution < -0.4 is 21.5 Å². The van der Waals surface area contributed by atoms with Crippen LogP contribution in [0.2, 0.25) is 0 Å². The molecule has 0 unspecified atom stereocenters. The van der Waals surface area contributed by atoms with E-state index in [9.17, 15) is 23.1 Å². The number of nitrogens with zero attached hydrogens (tertiary/aromatic N) is 3. The third-order valence-electron chi connectivity index (χ3n) is 4.17. The second-order valence-corrected chi connectivity index (χ2v) is 9.78. The van der Waals surface area contributed by atoms with Gasteiger partial charge in [-0.1, -0.05) is 0 Å². The van der Waals surface area contributed by atoms with Crippen molar-refractivity contribution in [3.8, 4) is 0 Å². The first-order valence-corrected chi connectivity index (χ1v) is 12.2. The molecule has 0 aromatic carbocycles. The summed E-state index contributed by atoms with van der Waals surface area (Å²) in [5.74, 6) is -2.07. The molecule has 3 rings (SSSR count). The molecule has 32 heavy (non-hydrogen) atoms. The number of aliphatic imine (C=N–C) groups is 1. The number of carboxylic acid groups (broad SMARTS) is 1. The molecule has 0 spiro atoms. The summed E-state index contributed by atoms with van der Waals surface area (Å²) in [7, 11) is -4.13. The van der Waals surface area contributed by atoms with Gasteiger partial charge in [-0.3, -0.25) is 14.5 Å². The maximum atomic E-state index is 12.9. The van der Waals surface area contributed by atoms with Gasteiger partial charge < -0.3 is 21.9 Å². The number of sulfonamides is 1. The van der Waals surface area contributed by atoms with Gasteiger partial charge in [0, 0.05) is 12.7 Å². The maximum Gasteiger partial charge on any atom is 0.326 e. The van der Waals surface area contributed by atoms with Crippen LogP contribution in [0.3, 0.4) is 0 Å². The highest BCUT2D eigenvalue weighted by Crippen LogP contribution is 2.28. The van der Waals surface area contributed by atoms with Gasteiger partial charge in [0.25, 0.3) is 15.9 Å². The molecule has 0 bridgehead atoms. The fourth-order valence-electron chi connectivity index (χ4n) is 2.73. The summed E-state index contributed by atoms with van der Waals surface area (Å²) < 4.78 is 32.8. The number of pyridine rings is 1. The Labute approximate surface area is 190 Å². The lowest BCUT2D eigenvalue weighted by molar-refractivity contribution is -0.139. The quantitative estimate of drug-likeness (QED) is 0.152. The number of hydrogen-bond acceptors (Lipinski definition) is 9. The van der Waals surface area contributed by atoms with E-state index in [-0.39, 0.29) is 34.5 Å². The van der Waals surface area contributed by atoms with Crippen LogP contribution in [0, 0.1) is 0 Å². The average molecular weight is 498 g/mol. The monoisotopic (exact) mass is 497 g/mol. The lowest BCUT2D eigenvalue weighted by Gasteiger charge is -2.14. The molecular weight excluding hydrogens is 478 g/mol. The standard InChI is InChI=1S/C17H19N7O5S3/c18-17(19)21-5-1-2-11(16(26)27)23-14(25)13-10(4-7-30-13)24-32(28,29)15-9-8-22-31-12(9)3-6-20-15/h3-4,6-8,11,24H,1-2,5H2,(H,23,25)(H,26,27)(H4,18,19,21)/t11-/m0/s1. The van der Waals surface area contributed by atoms with Gasteiger partial charge in [0.2, 0.25) is 0 Å². The number of nitrogens with two attached hydrogens (primary N) is 2. The van der Waals surface area contributed by atoms with Gasteiger partial charge in [-0.05, 0) is 41.9 Å². The van der Waals surface area contributed by atoms with Gasteiger partial charge >= 0.3 is 5.97 Å². The number of anilines is 1. The molecule has 7 N–H and O–H groups in total. The van der Waals surface area contributed by atoms with Gasteiger partial charge in [-0.25, -0.2) is 9.78 Å². The highest BCUT2D eigenvalue weighted by Gasteiger charge is 2.26. The average Bonchev–Trinajstić information content (AvgIpc) is 3.38. The van der Waals surface area contributed by atoms with Gasteiger partial charge in [0.15, 0.2) is 11.0 Å². The lowest BCUT2D eigenvalue weighted by Crippen LogP contribution is -2.40. The number of fused-ring (bicyclic) bond motifs is 1. The van der Waals surface area contributed by atoms with Crippen molar-refractivity contribution in [1.29, 1.82) is 0 Å². The molecular formula is C17H19N7O5S3. The number of carbonyl (C=O) groups excluding carboxylic acids is 1. The molecule has 170 valence electrons. The molecule has 3 aromatic rings. The van der Waals surface area contributed by atoms with E-state index in [4.69, 9.17) is 11.5 Å². The summed E-state index contributed by atoms with van der Waals surface area (Å²) in [6.07, 6.45) is 3.17. The molecule has 0 saturated heterocycles. The maximum absolute atomic E-state index is 12.9. The number of aliphatic carboxylic acids is 1. The van der Waals surface area contributed by atoms with Crippen LogP contribution in [0.1, 0.15) is 22.5 Å². The Balaban J connectivity index is 1.75. The number of guanidine groups is 1. The van der Waals surface area contributed by atoms with Crippen molar-refractivity contribution in [1.82, 2.24) is 14.7 Å². The number of thiophene rings is 1. The molecule has 0 fully saturated rings. The summed E-state index contributed by atoms with van der Waals surface area (Å²) in [6.45, 7) is 0.210. The number of rotatable bonds is 10. The summed E-state index contributed by atoms with van der Waals surface area (Å²) >= 11 is 2.10. The third kappa shape index (κ3) is 5.49. The smallest absolute Gasteiger partial charge is 0.326 e. The largest absolute Gasteiger partial charge is 0.480 e. The van der Waals surface area contributed by atoms with Crippen LogP contribution in [0.4, 0.5) is 5.69 Å². The number of aromatic nitrogens is 2. The number of hydrogen-bond donors (Lipinski definition) is 5. The SMILES string of the molecule is NC(N)=NCCC[C@H](NC(=O)c1sccc1NS(=O)(=O)c1nccc2sncc12)C(=O)O. The van der Waals surface area contributed by atoms with Crippen molar-refractivity contribution in [3.05, 3.63) is 34.8 Å². The molecule has 3 heterocycles. The van der Waals surface area contributed by atoms with Crippen molar-refractivity contribution in [3.63, 3.8) is 0 Å². The van der Waals surface area contributed by atoms with E-state index in [0.717, 1.165) is 22.9 Å². The molecule has 0 radical (unpaired) electrons. The van der Waals surface area contributed by atoms with Crippen molar-refractivity contribution in [2.24, 2.45) is 16.5 Å². The van der Waals surface area contributed by atoms with Crippen LogP contribution in [0.15, 0.2) is 39.9 Å². The second-order valence-electron chi connectivity index (χ2n) is 6.44. The zero-order chi connectivity index (χ0) is 23.3. The molecule has 0 aliphatic rings. The van der Waals surface area contributed by atoms with Crippen molar-refractivity contribution in [2.75, 3.05) is 11.3 Å². The zero-order valence-electron chi connectivity index (χ0n) is 16.4. The van der Waals surface area contributed by atoms with Crippen molar-refractivity contribution < 1.29 is 23.1 Å². The molecule has 12 nitrogen and oxygen atoms in total. The number of amides is 1. The van der Waals surface area contributed by atoms with Crippen LogP contribution in [-0.4, -0.2) is 53.3 Å². The van der Waals surface area contributed by atoms with Crippen LogP contribution in [0.25, 0.3) is 10.1 Å². The van der Waals surface area contributed by atoms with Crippen molar-refractivity contribution in [2.45, 2.75) is 23.9 Å². The summed E-state index contributed by atoms with van der Waals surface area (Å²) in [5.41, 5.74) is 10.5. The topological polar surface area (TPSA) is 203 Å². The molecule has 0 aliphatic heterocycles. The minimum atomic E-state index is -4.13. The van der Waals surface area contributed by atoms with E-state index < -0.39 is 27.9 Å². The van der Waals surface area contributed by atoms with Crippen molar-refractivity contribution >= 4 is 66.5 Å². The minimum Gasteiger partial charge on any atom is -0.480 e. The predicted octanol–water partition coefficient (Wildman–Crippen LogP) is 0.790. The number of carboxylic acids is 1. The molecule has 0 aliphatic carbocycles. The number of nitrogens with one attached hydrogen (secondary N) is 2. The second kappa shape index (κ2) is 9.88. The Hall–Kier alpha value is -3.30. The minimum absolute atomic E-state index is 0.0131. The molecule has 1 amide bonds. The van der Waals surface area contributed by atoms with Gasteiger partial charge in [0.1, 0.15) is 10.9 Å². The van der Waals surface area contributed by atoms with E-state index in [0.29, 0.717) is 16.5 Å². The zero-order valence-corrected chi connectivity index (χ0v) is 18.8. The van der Waals surface area contributed by atoms with Crippen LogP contribution in [-0.2, 0) is 14.8 Å². The Bertz CT molecular complexity index is 1260. The van der Waals surface area contributed by atoms with E-state index in [1.54, 1.807) is 6.07 Å². The first-order chi connectivity index (χ1) is 15.2. The Morgan fingerprint density at radius 1 is 1.28 bits per heavy atom. The van der Waals surface area contributed by atoms with Crippen LogP contribution in [0.5, 0.6) is 0 Å². The molecule has 15 heteroatoms. The normalized spacial score (nSPS) is 12.2. The summed E-state index contributed by atoms with van der Waals surface area (Å²) in [6, 6.07) is 1.86. The van der Waals surface area contributed by atoms with E-state index in [2.05, 4.69) is 24.4 Å². The predicted molar refractivity (Wildman–Crippen MR) is 121 cm³/mol. The Morgan fingerprint density at radius 3 is 2.78 bits per heavy atom. The summed E-state index contributed by atoms with van der Waals surface area (Å²) in [5, 5.41) is 13.4. The Morgan fingerprint density at radius 2 is 2.06 bits per heavy atom. The number of carbonyl (C=O) groups is 2. The van der Waals surface area contributed by atoms with E-state index in [1.807, 2.05) is 0 Å². The highest BCUT2D eigenvalue weighted by atomic mass is 32.2.